The van der Waals surface area contributed by atoms with Crippen LogP contribution in [0.3, 0.4) is 0 Å². The Morgan fingerprint density at radius 1 is 0.900 bits per heavy atom. The Hall–Kier alpha value is -1.64. The number of alkyl halides is 1. The van der Waals surface area contributed by atoms with Gasteiger partial charge in [-0.25, -0.2) is 0 Å². The molecule has 0 saturated carbocycles. The van der Waals surface area contributed by atoms with Crippen LogP contribution < -0.4 is 5.73 Å². The van der Waals surface area contributed by atoms with Crippen LogP contribution in [-0.4, -0.2) is 6.67 Å². The van der Waals surface area contributed by atoms with E-state index < -0.39 is 0 Å². The van der Waals surface area contributed by atoms with Gasteiger partial charge in [-0.15, -0.1) is 12.4 Å². The number of rotatable bonds is 3. The van der Waals surface area contributed by atoms with Gasteiger partial charge < -0.3 is 5.73 Å². The highest BCUT2D eigenvalue weighted by molar-refractivity contribution is 6.09. The number of hydrogen-bond acceptors (Lipinski definition) is 1. The van der Waals surface area contributed by atoms with E-state index >= 15 is 0 Å². The Bertz CT molecular complexity index is 726. The van der Waals surface area contributed by atoms with Crippen LogP contribution in [-0.2, 0) is 0 Å². The van der Waals surface area contributed by atoms with Gasteiger partial charge >= 0.3 is 0 Å². The highest BCUT2D eigenvalue weighted by Gasteiger charge is 2.12. The zero-order valence-corrected chi connectivity index (χ0v) is 11.9. The Labute approximate surface area is 124 Å². The van der Waals surface area contributed by atoms with Crippen LogP contribution in [0.2, 0.25) is 0 Å². The van der Waals surface area contributed by atoms with Crippen LogP contribution in [0.15, 0.2) is 54.6 Å². The zero-order chi connectivity index (χ0) is 13.2. The lowest BCUT2D eigenvalue weighted by Gasteiger charge is -2.15. The summed E-state index contributed by atoms with van der Waals surface area (Å²) in [6.45, 7) is -0.387. The summed E-state index contributed by atoms with van der Waals surface area (Å²) in [5.41, 5.74) is 7.16. The lowest BCUT2D eigenvalue weighted by molar-refractivity contribution is 0.443. The van der Waals surface area contributed by atoms with Crippen molar-refractivity contribution >= 4 is 34.0 Å². The van der Waals surface area contributed by atoms with E-state index in [1.165, 1.54) is 10.8 Å². The van der Waals surface area contributed by atoms with Gasteiger partial charge in [-0.2, -0.15) is 0 Å². The van der Waals surface area contributed by atoms with Crippen molar-refractivity contribution in [3.63, 3.8) is 0 Å². The van der Waals surface area contributed by atoms with E-state index in [0.29, 0.717) is 6.42 Å². The van der Waals surface area contributed by atoms with Gasteiger partial charge in [0.2, 0.25) is 0 Å². The molecule has 104 valence electrons. The Kier molecular flexibility index (Phi) is 4.58. The van der Waals surface area contributed by atoms with E-state index in [1.807, 2.05) is 24.3 Å². The Morgan fingerprint density at radius 3 is 2.20 bits per heavy atom. The van der Waals surface area contributed by atoms with Gasteiger partial charge in [0.05, 0.1) is 6.67 Å². The molecule has 1 nitrogen and oxygen atoms in total. The van der Waals surface area contributed by atoms with Crippen molar-refractivity contribution in [3.05, 3.63) is 60.2 Å². The first kappa shape index (κ1) is 14.8. The SMILES string of the molecule is Cl.N[C@@H](CCF)c1cc2ccccc2c2ccccc12. The molecule has 0 spiro atoms. The van der Waals surface area contributed by atoms with Gasteiger partial charge in [0, 0.05) is 6.04 Å². The first-order valence-corrected chi connectivity index (χ1v) is 6.53. The molecule has 0 aliphatic heterocycles. The Balaban J connectivity index is 0.00000147. The average molecular weight is 290 g/mol. The second-order valence-electron chi connectivity index (χ2n) is 4.82. The molecule has 0 radical (unpaired) electrons. The largest absolute Gasteiger partial charge is 0.324 e. The molecule has 0 heterocycles. The van der Waals surface area contributed by atoms with Gasteiger partial charge in [-0.3, -0.25) is 4.39 Å². The van der Waals surface area contributed by atoms with Crippen LogP contribution in [0, 0.1) is 0 Å². The lowest BCUT2D eigenvalue weighted by atomic mass is 9.93. The molecular weight excluding hydrogens is 273 g/mol. The van der Waals surface area contributed by atoms with Crippen LogP contribution in [0.5, 0.6) is 0 Å². The van der Waals surface area contributed by atoms with E-state index in [2.05, 4.69) is 30.3 Å². The smallest absolute Gasteiger partial charge is 0.0912 e. The molecule has 20 heavy (non-hydrogen) atoms. The highest BCUT2D eigenvalue weighted by atomic mass is 35.5. The van der Waals surface area contributed by atoms with Gasteiger partial charge in [-0.05, 0) is 39.6 Å². The number of fused-ring (bicyclic) bond motifs is 3. The van der Waals surface area contributed by atoms with Crippen LogP contribution in [0.1, 0.15) is 18.0 Å². The zero-order valence-electron chi connectivity index (χ0n) is 11.1. The number of nitrogens with two attached hydrogens (primary N) is 1. The summed E-state index contributed by atoms with van der Waals surface area (Å²) in [5.74, 6) is 0. The maximum absolute atomic E-state index is 12.6. The standard InChI is InChI=1S/C17H16FN.ClH/c18-10-9-17(19)16-11-12-5-1-2-6-13(12)14-7-3-4-8-15(14)16;/h1-8,11,17H,9-10,19H2;1H/t17-;/m0./s1. The molecule has 2 N–H and O–H groups in total. The summed E-state index contributed by atoms with van der Waals surface area (Å²) < 4.78 is 12.6. The van der Waals surface area contributed by atoms with E-state index in [9.17, 15) is 4.39 Å². The summed E-state index contributed by atoms with van der Waals surface area (Å²) in [4.78, 5) is 0. The summed E-state index contributed by atoms with van der Waals surface area (Å²) in [7, 11) is 0. The van der Waals surface area contributed by atoms with E-state index in [0.717, 1.165) is 16.3 Å². The molecular formula is C17H17ClFN. The molecule has 3 aromatic carbocycles. The third-order valence-electron chi connectivity index (χ3n) is 3.62. The summed E-state index contributed by atoms with van der Waals surface area (Å²) in [5, 5.41) is 4.69. The van der Waals surface area contributed by atoms with Gasteiger partial charge in [0.1, 0.15) is 0 Å². The molecule has 0 bridgehead atoms. The number of hydrogen-bond donors (Lipinski definition) is 1. The minimum absolute atomic E-state index is 0. The lowest BCUT2D eigenvalue weighted by Crippen LogP contribution is -2.11. The molecule has 3 aromatic rings. The second-order valence-corrected chi connectivity index (χ2v) is 4.82. The summed E-state index contributed by atoms with van der Waals surface area (Å²) >= 11 is 0. The molecule has 0 saturated heterocycles. The van der Waals surface area contributed by atoms with Gasteiger partial charge in [0.15, 0.2) is 0 Å². The minimum atomic E-state index is -0.387. The van der Waals surface area contributed by atoms with E-state index in [1.54, 1.807) is 0 Å². The molecule has 3 heteroatoms. The van der Waals surface area contributed by atoms with Crippen molar-refractivity contribution in [2.45, 2.75) is 12.5 Å². The second kappa shape index (κ2) is 6.21. The quantitative estimate of drug-likeness (QED) is 0.690. The third kappa shape index (κ3) is 2.49. The molecule has 3 rings (SSSR count). The normalized spacial score (nSPS) is 12.3. The number of halogens is 2. The molecule has 0 aliphatic carbocycles. The van der Waals surface area contributed by atoms with Gasteiger partial charge in [-0.1, -0.05) is 48.5 Å². The van der Waals surface area contributed by atoms with Crippen molar-refractivity contribution in [1.82, 2.24) is 0 Å². The predicted octanol–water partition coefficient (Wildman–Crippen LogP) is 4.77. The molecule has 0 fully saturated rings. The molecule has 0 aromatic heterocycles. The summed E-state index contributed by atoms with van der Waals surface area (Å²) in [6, 6.07) is 18.3. The van der Waals surface area contributed by atoms with Crippen molar-refractivity contribution in [2.24, 2.45) is 5.73 Å². The maximum atomic E-state index is 12.6. The fourth-order valence-electron chi connectivity index (χ4n) is 2.66. The molecule has 1 atom stereocenters. The summed E-state index contributed by atoms with van der Waals surface area (Å²) in [6.07, 6.45) is 0.363. The fraction of sp³-hybridized carbons (Fsp3) is 0.176. The van der Waals surface area contributed by atoms with Crippen LogP contribution >= 0.6 is 12.4 Å². The minimum Gasteiger partial charge on any atom is -0.324 e. The van der Waals surface area contributed by atoms with Crippen LogP contribution in [0.4, 0.5) is 4.39 Å². The average Bonchev–Trinajstić information content (AvgIpc) is 2.46. The maximum Gasteiger partial charge on any atom is 0.0912 e. The van der Waals surface area contributed by atoms with E-state index in [-0.39, 0.29) is 25.1 Å². The molecule has 0 aliphatic rings. The van der Waals surface area contributed by atoms with E-state index in [4.69, 9.17) is 5.73 Å². The first-order chi connectivity index (χ1) is 9.31. The van der Waals surface area contributed by atoms with Crippen molar-refractivity contribution in [3.8, 4) is 0 Å². The monoisotopic (exact) mass is 289 g/mol. The van der Waals surface area contributed by atoms with Crippen molar-refractivity contribution in [2.75, 3.05) is 6.67 Å². The molecule has 0 amide bonds. The number of benzene rings is 3. The first-order valence-electron chi connectivity index (χ1n) is 6.53. The topological polar surface area (TPSA) is 26.0 Å². The predicted molar refractivity (Wildman–Crippen MR) is 86.2 cm³/mol. The fourth-order valence-corrected chi connectivity index (χ4v) is 2.66. The Morgan fingerprint density at radius 2 is 1.50 bits per heavy atom. The van der Waals surface area contributed by atoms with Crippen molar-refractivity contribution in [1.29, 1.82) is 0 Å². The third-order valence-corrected chi connectivity index (χ3v) is 3.62. The van der Waals surface area contributed by atoms with Gasteiger partial charge in [0.25, 0.3) is 0 Å². The highest BCUT2D eigenvalue weighted by Crippen LogP contribution is 2.32. The van der Waals surface area contributed by atoms with Crippen molar-refractivity contribution < 1.29 is 4.39 Å². The molecule has 0 unspecified atom stereocenters. The van der Waals surface area contributed by atoms with Crippen LogP contribution in [0.25, 0.3) is 21.5 Å².